The van der Waals surface area contributed by atoms with Crippen LogP contribution in [-0.2, 0) is 11.2 Å². The van der Waals surface area contributed by atoms with Crippen molar-refractivity contribution in [2.75, 3.05) is 30.8 Å². The summed E-state index contributed by atoms with van der Waals surface area (Å²) in [5, 5.41) is 3.03. The number of rotatable bonds is 4. The van der Waals surface area contributed by atoms with Gasteiger partial charge in [0, 0.05) is 30.2 Å². The largest absolute Gasteiger partial charge is 0.319 e. The average Bonchev–Trinajstić information content (AvgIpc) is 2.43. The van der Waals surface area contributed by atoms with Crippen molar-refractivity contribution in [1.29, 1.82) is 0 Å². The number of thioether (sulfide) groups is 1. The zero-order chi connectivity index (χ0) is 13.0. The number of hydrogen-bond donors (Lipinski definition) is 1. The molecule has 1 aliphatic rings. The second-order valence-electron chi connectivity index (χ2n) is 4.40. The van der Waals surface area contributed by atoms with E-state index in [-0.39, 0.29) is 5.91 Å². The van der Waals surface area contributed by atoms with E-state index >= 15 is 0 Å². The van der Waals surface area contributed by atoms with E-state index in [1.807, 2.05) is 23.7 Å². The summed E-state index contributed by atoms with van der Waals surface area (Å²) < 4.78 is 0. The van der Waals surface area contributed by atoms with Gasteiger partial charge in [0.05, 0.1) is 5.69 Å². The highest BCUT2D eigenvalue weighted by atomic mass is 32.2. The molecule has 1 aromatic carbocycles. The third-order valence-corrected chi connectivity index (χ3v) is 4.21. The van der Waals surface area contributed by atoms with Gasteiger partial charge in [-0.25, -0.2) is 0 Å². The first-order valence-corrected chi connectivity index (χ1v) is 7.45. The molecule has 1 N–H and O–H groups in total. The van der Waals surface area contributed by atoms with Crippen LogP contribution in [0.1, 0.15) is 18.9 Å². The molecule has 0 fully saturated rings. The van der Waals surface area contributed by atoms with Crippen LogP contribution >= 0.6 is 11.8 Å². The van der Waals surface area contributed by atoms with Gasteiger partial charge >= 0.3 is 0 Å². The van der Waals surface area contributed by atoms with Gasteiger partial charge < -0.3 is 10.2 Å². The molecule has 0 saturated carbocycles. The second kappa shape index (κ2) is 6.25. The van der Waals surface area contributed by atoms with Crippen molar-refractivity contribution in [2.24, 2.45) is 0 Å². The van der Waals surface area contributed by atoms with Crippen LogP contribution < -0.4 is 10.2 Å². The number of amides is 1. The second-order valence-corrected chi connectivity index (χ2v) is 5.54. The topological polar surface area (TPSA) is 32.3 Å². The minimum absolute atomic E-state index is 0.218. The Morgan fingerprint density at radius 3 is 3.06 bits per heavy atom. The van der Waals surface area contributed by atoms with Crippen molar-refractivity contribution in [2.45, 2.75) is 24.7 Å². The minimum Gasteiger partial charge on any atom is -0.319 e. The number of nitrogens with one attached hydrogen (secondary N) is 1. The summed E-state index contributed by atoms with van der Waals surface area (Å²) >= 11 is 1.85. The van der Waals surface area contributed by atoms with Crippen molar-refractivity contribution < 1.29 is 4.79 Å². The van der Waals surface area contributed by atoms with Crippen molar-refractivity contribution in [3.05, 3.63) is 23.8 Å². The van der Waals surface area contributed by atoms with E-state index in [2.05, 4.69) is 30.4 Å². The molecule has 0 bridgehead atoms. The standard InChI is InChI=1S/C14H20N2OS/c1-3-11-4-5-12-13(10-11)18-9-8-16(12)14(17)6-7-15-2/h4-5,10,15H,3,6-9H2,1-2H3. The van der Waals surface area contributed by atoms with Gasteiger partial charge in [-0.05, 0) is 31.2 Å². The van der Waals surface area contributed by atoms with Crippen LogP contribution in [-0.4, -0.2) is 31.8 Å². The summed E-state index contributed by atoms with van der Waals surface area (Å²) in [6.45, 7) is 3.72. The van der Waals surface area contributed by atoms with E-state index in [0.717, 1.165) is 31.0 Å². The zero-order valence-electron chi connectivity index (χ0n) is 11.0. The Balaban J connectivity index is 2.19. The molecule has 1 amide bonds. The van der Waals surface area contributed by atoms with Gasteiger partial charge in [-0.2, -0.15) is 0 Å². The lowest BCUT2D eigenvalue weighted by molar-refractivity contribution is -0.118. The van der Waals surface area contributed by atoms with Crippen LogP contribution in [0.5, 0.6) is 0 Å². The molecule has 98 valence electrons. The van der Waals surface area contributed by atoms with Crippen molar-refractivity contribution in [3.63, 3.8) is 0 Å². The number of benzene rings is 1. The number of fused-ring (bicyclic) bond motifs is 1. The number of carbonyl (C=O) groups excluding carboxylic acids is 1. The Morgan fingerprint density at radius 2 is 2.33 bits per heavy atom. The van der Waals surface area contributed by atoms with Crippen LogP contribution in [0.25, 0.3) is 0 Å². The van der Waals surface area contributed by atoms with Gasteiger partial charge in [-0.15, -0.1) is 11.8 Å². The third-order valence-electron chi connectivity index (χ3n) is 3.19. The fourth-order valence-electron chi connectivity index (χ4n) is 2.11. The first-order chi connectivity index (χ1) is 8.76. The Morgan fingerprint density at radius 1 is 1.50 bits per heavy atom. The maximum absolute atomic E-state index is 12.2. The van der Waals surface area contributed by atoms with E-state index in [1.54, 1.807) is 0 Å². The minimum atomic E-state index is 0.218. The van der Waals surface area contributed by atoms with Gasteiger partial charge in [-0.1, -0.05) is 13.0 Å². The molecule has 0 aromatic heterocycles. The van der Waals surface area contributed by atoms with Crippen LogP contribution in [0.2, 0.25) is 0 Å². The monoisotopic (exact) mass is 264 g/mol. The molecule has 0 spiro atoms. The SMILES string of the molecule is CCc1ccc2c(c1)SCCN2C(=O)CCNC. The molecule has 0 unspecified atom stereocenters. The van der Waals surface area contributed by atoms with E-state index in [9.17, 15) is 4.79 Å². The highest BCUT2D eigenvalue weighted by Gasteiger charge is 2.22. The molecular formula is C14H20N2OS. The molecule has 3 nitrogen and oxygen atoms in total. The van der Waals surface area contributed by atoms with Crippen molar-refractivity contribution in [1.82, 2.24) is 5.32 Å². The molecule has 18 heavy (non-hydrogen) atoms. The van der Waals surface area contributed by atoms with Crippen LogP contribution in [0, 0.1) is 0 Å². The Kier molecular flexibility index (Phi) is 4.66. The van der Waals surface area contributed by atoms with Gasteiger partial charge in [0.2, 0.25) is 5.91 Å². The Hall–Kier alpha value is -1.00. The summed E-state index contributed by atoms with van der Waals surface area (Å²) in [7, 11) is 1.88. The fourth-order valence-corrected chi connectivity index (χ4v) is 3.16. The average molecular weight is 264 g/mol. The molecule has 0 radical (unpaired) electrons. The number of aryl methyl sites for hydroxylation is 1. The molecular weight excluding hydrogens is 244 g/mol. The molecule has 4 heteroatoms. The zero-order valence-corrected chi connectivity index (χ0v) is 11.8. The highest BCUT2D eigenvalue weighted by Crippen LogP contribution is 2.35. The fraction of sp³-hybridized carbons (Fsp3) is 0.500. The molecule has 1 aromatic rings. The first kappa shape index (κ1) is 13.4. The smallest absolute Gasteiger partial charge is 0.228 e. The van der Waals surface area contributed by atoms with Crippen LogP contribution in [0.15, 0.2) is 23.1 Å². The third kappa shape index (κ3) is 2.87. The Bertz CT molecular complexity index is 434. The Labute approximate surface area is 113 Å². The van der Waals surface area contributed by atoms with E-state index in [4.69, 9.17) is 0 Å². The number of nitrogens with zero attached hydrogens (tertiary/aromatic N) is 1. The molecule has 0 atom stereocenters. The van der Waals surface area contributed by atoms with E-state index in [0.29, 0.717) is 6.42 Å². The summed E-state index contributed by atoms with van der Waals surface area (Å²) in [5.41, 5.74) is 2.43. The summed E-state index contributed by atoms with van der Waals surface area (Å²) in [6, 6.07) is 6.44. The summed E-state index contributed by atoms with van der Waals surface area (Å²) in [5.74, 6) is 1.21. The number of carbonyl (C=O) groups is 1. The normalized spacial score (nSPS) is 14.4. The summed E-state index contributed by atoms with van der Waals surface area (Å²) in [4.78, 5) is 15.3. The predicted molar refractivity (Wildman–Crippen MR) is 77.4 cm³/mol. The van der Waals surface area contributed by atoms with Crippen LogP contribution in [0.4, 0.5) is 5.69 Å². The van der Waals surface area contributed by atoms with Gasteiger partial charge in [0.15, 0.2) is 0 Å². The van der Waals surface area contributed by atoms with E-state index in [1.165, 1.54) is 10.5 Å². The quantitative estimate of drug-likeness (QED) is 0.905. The molecule has 0 aliphatic carbocycles. The molecule has 1 aliphatic heterocycles. The van der Waals surface area contributed by atoms with Crippen LogP contribution in [0.3, 0.4) is 0 Å². The highest BCUT2D eigenvalue weighted by molar-refractivity contribution is 7.99. The molecule has 2 rings (SSSR count). The maximum Gasteiger partial charge on any atom is 0.228 e. The lowest BCUT2D eigenvalue weighted by Crippen LogP contribution is -2.36. The number of hydrogen-bond acceptors (Lipinski definition) is 3. The van der Waals surface area contributed by atoms with Gasteiger partial charge in [-0.3, -0.25) is 4.79 Å². The maximum atomic E-state index is 12.2. The lowest BCUT2D eigenvalue weighted by Gasteiger charge is -2.29. The summed E-state index contributed by atoms with van der Waals surface area (Å²) in [6.07, 6.45) is 1.61. The van der Waals surface area contributed by atoms with Crippen molar-refractivity contribution >= 4 is 23.4 Å². The number of anilines is 1. The molecule has 1 heterocycles. The van der Waals surface area contributed by atoms with Gasteiger partial charge in [0.25, 0.3) is 0 Å². The first-order valence-electron chi connectivity index (χ1n) is 6.47. The van der Waals surface area contributed by atoms with Crippen molar-refractivity contribution in [3.8, 4) is 0 Å². The molecule has 0 saturated heterocycles. The predicted octanol–water partition coefficient (Wildman–Crippen LogP) is 2.30. The van der Waals surface area contributed by atoms with E-state index < -0.39 is 0 Å². The van der Waals surface area contributed by atoms with Gasteiger partial charge in [0.1, 0.15) is 0 Å². The lowest BCUT2D eigenvalue weighted by atomic mass is 10.1.